The number of nitrogens with zero attached hydrogens (tertiary/aromatic N) is 4. The molecule has 8 heteroatoms. The lowest BCUT2D eigenvalue weighted by molar-refractivity contribution is -0.390. The molecular formula is C13H24ClN5O2. The zero-order chi connectivity index (χ0) is 14.5. The highest BCUT2D eigenvalue weighted by Crippen LogP contribution is 2.23. The molecule has 120 valence electrons. The first-order chi connectivity index (χ1) is 9.61. The average Bonchev–Trinajstić information content (AvgIpc) is 2.80. The minimum Gasteiger partial charge on any atom is -0.358 e. The quantitative estimate of drug-likeness (QED) is 0.636. The van der Waals surface area contributed by atoms with Gasteiger partial charge in [0.1, 0.15) is 5.69 Å². The number of piperidine rings is 1. The largest absolute Gasteiger partial charge is 0.386 e. The minimum atomic E-state index is -0.394. The Hall–Kier alpha value is -1.18. The molecule has 0 amide bonds. The van der Waals surface area contributed by atoms with Gasteiger partial charge in [0.15, 0.2) is 0 Å². The second kappa shape index (κ2) is 8.31. The van der Waals surface area contributed by atoms with Gasteiger partial charge in [-0.25, -0.2) is 0 Å². The number of imidazole rings is 1. The van der Waals surface area contributed by atoms with E-state index >= 15 is 0 Å². The van der Waals surface area contributed by atoms with Crippen LogP contribution in [0.2, 0.25) is 0 Å². The molecule has 1 fully saturated rings. The number of aryl methyl sites for hydroxylation is 1. The topological polar surface area (TPSA) is 76.2 Å². The number of likely N-dealkylation sites (tertiary alicyclic amines) is 1. The van der Waals surface area contributed by atoms with Crippen LogP contribution in [-0.2, 0) is 13.6 Å². The van der Waals surface area contributed by atoms with E-state index in [4.69, 9.17) is 0 Å². The Morgan fingerprint density at radius 2 is 2.14 bits per heavy atom. The van der Waals surface area contributed by atoms with E-state index in [0.29, 0.717) is 12.2 Å². The van der Waals surface area contributed by atoms with Crippen molar-refractivity contribution in [1.82, 2.24) is 19.8 Å². The molecule has 0 spiro atoms. The lowest BCUT2D eigenvalue weighted by atomic mass is 9.93. The summed E-state index contributed by atoms with van der Waals surface area (Å²) in [5, 5.41) is 14.1. The van der Waals surface area contributed by atoms with E-state index in [1.807, 2.05) is 14.1 Å². The van der Waals surface area contributed by atoms with Crippen LogP contribution in [0.3, 0.4) is 0 Å². The van der Waals surface area contributed by atoms with Gasteiger partial charge in [-0.05, 0) is 61.8 Å². The maximum atomic E-state index is 11.0. The molecular weight excluding hydrogens is 294 g/mol. The third-order valence-electron chi connectivity index (χ3n) is 4.09. The molecule has 0 radical (unpaired) electrons. The van der Waals surface area contributed by atoms with Crippen LogP contribution in [0, 0.1) is 16.0 Å². The standard InChI is InChI=1S/C13H23N5O2.ClH/c1-14-6-3-11-4-7-17(8-5-11)9-12-13(18(19)20)15-10-16(12)2;/h10-11,14H,3-9H2,1-2H3;1H. The van der Waals surface area contributed by atoms with E-state index in [1.54, 1.807) is 4.57 Å². The molecule has 0 saturated carbocycles. The van der Waals surface area contributed by atoms with E-state index < -0.39 is 4.92 Å². The van der Waals surface area contributed by atoms with Crippen LogP contribution in [0.5, 0.6) is 0 Å². The Balaban J connectivity index is 0.00000220. The molecule has 2 rings (SSSR count). The van der Waals surface area contributed by atoms with Gasteiger partial charge in [-0.1, -0.05) is 0 Å². The molecule has 1 aliphatic heterocycles. The van der Waals surface area contributed by atoms with Crippen LogP contribution in [0.15, 0.2) is 6.33 Å². The summed E-state index contributed by atoms with van der Waals surface area (Å²) in [6, 6.07) is 0. The highest BCUT2D eigenvalue weighted by molar-refractivity contribution is 5.85. The monoisotopic (exact) mass is 317 g/mol. The molecule has 2 heterocycles. The van der Waals surface area contributed by atoms with Crippen molar-refractivity contribution in [2.75, 3.05) is 26.7 Å². The second-order valence-corrected chi connectivity index (χ2v) is 5.49. The van der Waals surface area contributed by atoms with Gasteiger partial charge in [-0.15, -0.1) is 12.4 Å². The van der Waals surface area contributed by atoms with Crippen LogP contribution in [0.1, 0.15) is 25.0 Å². The number of aromatic nitrogens is 2. The lowest BCUT2D eigenvalue weighted by Crippen LogP contribution is -2.34. The summed E-state index contributed by atoms with van der Waals surface area (Å²) in [6.07, 6.45) is 5.09. The van der Waals surface area contributed by atoms with Crippen molar-refractivity contribution in [1.29, 1.82) is 0 Å². The normalized spacial score (nSPS) is 16.7. The summed E-state index contributed by atoms with van der Waals surface area (Å²) >= 11 is 0. The molecule has 7 nitrogen and oxygen atoms in total. The van der Waals surface area contributed by atoms with Crippen molar-refractivity contribution < 1.29 is 4.92 Å². The van der Waals surface area contributed by atoms with Crippen LogP contribution < -0.4 is 5.32 Å². The average molecular weight is 318 g/mol. The van der Waals surface area contributed by atoms with Crippen molar-refractivity contribution in [3.05, 3.63) is 22.1 Å². The summed E-state index contributed by atoms with van der Waals surface area (Å²) in [5.74, 6) is 0.769. The molecule has 0 unspecified atom stereocenters. The molecule has 0 atom stereocenters. The van der Waals surface area contributed by atoms with Crippen molar-refractivity contribution in [2.45, 2.75) is 25.8 Å². The maximum Gasteiger partial charge on any atom is 0.386 e. The Morgan fingerprint density at radius 3 is 2.71 bits per heavy atom. The molecule has 21 heavy (non-hydrogen) atoms. The molecule has 1 aromatic rings. The van der Waals surface area contributed by atoms with Crippen molar-refractivity contribution in [2.24, 2.45) is 13.0 Å². The maximum absolute atomic E-state index is 11.0. The van der Waals surface area contributed by atoms with Crippen molar-refractivity contribution >= 4 is 18.2 Å². The fourth-order valence-corrected chi connectivity index (χ4v) is 2.77. The highest BCUT2D eigenvalue weighted by atomic mass is 35.5. The highest BCUT2D eigenvalue weighted by Gasteiger charge is 2.25. The van der Waals surface area contributed by atoms with E-state index in [2.05, 4.69) is 15.2 Å². The predicted octanol–water partition coefficient (Wildman–Crippen LogP) is 1.57. The van der Waals surface area contributed by atoms with E-state index in [-0.39, 0.29) is 18.2 Å². The number of rotatable bonds is 6. The van der Waals surface area contributed by atoms with Gasteiger partial charge in [0, 0.05) is 13.6 Å². The van der Waals surface area contributed by atoms with Gasteiger partial charge < -0.3 is 20.0 Å². The second-order valence-electron chi connectivity index (χ2n) is 5.49. The number of nitrogens with one attached hydrogen (secondary N) is 1. The molecule has 0 bridgehead atoms. The summed E-state index contributed by atoms with van der Waals surface area (Å²) < 4.78 is 1.76. The van der Waals surface area contributed by atoms with Gasteiger partial charge >= 0.3 is 5.82 Å². The SMILES string of the molecule is CNCCC1CCN(Cc2c([N+](=O)[O-])ncn2C)CC1.Cl. The summed E-state index contributed by atoms with van der Waals surface area (Å²) in [7, 11) is 3.80. The van der Waals surface area contributed by atoms with Crippen LogP contribution in [0.25, 0.3) is 0 Å². The number of nitro groups is 1. The van der Waals surface area contributed by atoms with E-state index in [9.17, 15) is 10.1 Å². The van der Waals surface area contributed by atoms with Crippen LogP contribution in [0.4, 0.5) is 5.82 Å². The lowest BCUT2D eigenvalue weighted by Gasteiger charge is -2.31. The first kappa shape index (κ1) is 17.9. The van der Waals surface area contributed by atoms with E-state index in [1.165, 1.54) is 25.6 Å². The van der Waals surface area contributed by atoms with Crippen LogP contribution >= 0.6 is 12.4 Å². The summed E-state index contributed by atoms with van der Waals surface area (Å²) in [5.41, 5.74) is 0.698. The predicted molar refractivity (Wildman–Crippen MR) is 83.7 cm³/mol. The smallest absolute Gasteiger partial charge is 0.358 e. The van der Waals surface area contributed by atoms with Gasteiger partial charge in [0.2, 0.25) is 6.33 Å². The first-order valence-corrected chi connectivity index (χ1v) is 7.13. The number of hydrogen-bond acceptors (Lipinski definition) is 5. The van der Waals surface area contributed by atoms with Crippen molar-refractivity contribution in [3.63, 3.8) is 0 Å². The first-order valence-electron chi connectivity index (χ1n) is 7.13. The number of halogens is 1. The molecule has 0 aromatic carbocycles. The Morgan fingerprint density at radius 1 is 1.48 bits per heavy atom. The van der Waals surface area contributed by atoms with Gasteiger partial charge in [0.25, 0.3) is 0 Å². The fraction of sp³-hybridized carbons (Fsp3) is 0.769. The fourth-order valence-electron chi connectivity index (χ4n) is 2.77. The molecule has 1 saturated heterocycles. The molecule has 1 aromatic heterocycles. The van der Waals surface area contributed by atoms with Crippen molar-refractivity contribution in [3.8, 4) is 0 Å². The molecule has 0 aliphatic carbocycles. The zero-order valence-electron chi connectivity index (χ0n) is 12.6. The molecule has 1 aliphatic rings. The Kier molecular flexibility index (Phi) is 7.07. The number of hydrogen-bond donors (Lipinski definition) is 1. The Labute approximate surface area is 131 Å². The zero-order valence-corrected chi connectivity index (χ0v) is 13.4. The Bertz CT molecular complexity index is 457. The summed E-state index contributed by atoms with van der Waals surface area (Å²) in [6.45, 7) is 3.71. The third kappa shape index (κ3) is 4.66. The minimum absolute atomic E-state index is 0. The van der Waals surface area contributed by atoms with E-state index in [0.717, 1.165) is 25.6 Å². The van der Waals surface area contributed by atoms with Crippen LogP contribution in [-0.4, -0.2) is 46.1 Å². The van der Waals surface area contributed by atoms with Gasteiger partial charge in [0.05, 0.1) is 0 Å². The summed E-state index contributed by atoms with van der Waals surface area (Å²) in [4.78, 5) is 16.7. The van der Waals surface area contributed by atoms with Gasteiger partial charge in [-0.3, -0.25) is 4.90 Å². The molecule has 1 N–H and O–H groups in total. The third-order valence-corrected chi connectivity index (χ3v) is 4.09. The van der Waals surface area contributed by atoms with Gasteiger partial charge in [-0.2, -0.15) is 0 Å².